The van der Waals surface area contributed by atoms with Crippen LogP contribution < -0.4 is 9.47 Å². The molecule has 0 saturated carbocycles. The third-order valence-corrected chi connectivity index (χ3v) is 2.67. The number of nitrogens with zero attached hydrogens (tertiary/aromatic N) is 2. The molecule has 0 aliphatic carbocycles. The van der Waals surface area contributed by atoms with Crippen LogP contribution in [0.25, 0.3) is 0 Å². The summed E-state index contributed by atoms with van der Waals surface area (Å²) in [6.07, 6.45) is 0. The summed E-state index contributed by atoms with van der Waals surface area (Å²) in [6.45, 7) is 0.174. The summed E-state index contributed by atoms with van der Waals surface area (Å²) in [7, 11) is 0. The summed E-state index contributed by atoms with van der Waals surface area (Å²) in [4.78, 5) is 0. The number of hydrogen-bond donors (Lipinski definition) is 1. The lowest BCUT2D eigenvalue weighted by atomic mass is 10.1. The predicted octanol–water partition coefficient (Wildman–Crippen LogP) is 2.59. The molecule has 0 heterocycles. The number of rotatable bonds is 5. The van der Waals surface area contributed by atoms with E-state index >= 15 is 0 Å². The molecule has 0 aliphatic rings. The van der Waals surface area contributed by atoms with Gasteiger partial charge < -0.3 is 14.6 Å². The van der Waals surface area contributed by atoms with Crippen molar-refractivity contribution in [3.05, 3.63) is 53.6 Å². The molecule has 0 amide bonds. The first kappa shape index (κ1) is 14.4. The molecule has 0 unspecified atom stereocenters. The van der Waals surface area contributed by atoms with Crippen LogP contribution in [0.4, 0.5) is 0 Å². The minimum Gasteiger partial charge on any atom is -0.491 e. The number of aliphatic hydroxyl groups excluding tert-OH is 1. The van der Waals surface area contributed by atoms with Gasteiger partial charge in [-0.2, -0.15) is 10.5 Å². The van der Waals surface area contributed by atoms with Crippen LogP contribution in [0, 0.1) is 22.7 Å². The van der Waals surface area contributed by atoms with Crippen molar-refractivity contribution in [2.75, 3.05) is 13.2 Å². The average Bonchev–Trinajstić information content (AvgIpc) is 2.54. The molecule has 0 radical (unpaired) electrons. The van der Waals surface area contributed by atoms with Crippen LogP contribution in [0.3, 0.4) is 0 Å². The molecule has 2 aromatic carbocycles. The fourth-order valence-electron chi connectivity index (χ4n) is 1.72. The smallest absolute Gasteiger partial charge is 0.146 e. The van der Waals surface area contributed by atoms with Crippen molar-refractivity contribution in [1.29, 1.82) is 10.5 Å². The summed E-state index contributed by atoms with van der Waals surface area (Å²) in [5.41, 5.74) is 0.485. The monoisotopic (exact) mass is 280 g/mol. The summed E-state index contributed by atoms with van der Waals surface area (Å²) >= 11 is 0. The third kappa shape index (κ3) is 3.50. The van der Waals surface area contributed by atoms with Crippen LogP contribution in [0.15, 0.2) is 42.5 Å². The van der Waals surface area contributed by atoms with Crippen LogP contribution >= 0.6 is 0 Å². The van der Waals surface area contributed by atoms with Gasteiger partial charge in [-0.25, -0.2) is 0 Å². The zero-order chi connectivity index (χ0) is 15.1. The van der Waals surface area contributed by atoms with E-state index in [-0.39, 0.29) is 24.3 Å². The summed E-state index contributed by atoms with van der Waals surface area (Å²) < 4.78 is 10.9. The highest BCUT2D eigenvalue weighted by atomic mass is 16.5. The first-order valence-electron chi connectivity index (χ1n) is 6.23. The van der Waals surface area contributed by atoms with Crippen LogP contribution in [0.1, 0.15) is 11.1 Å². The number of ether oxygens (including phenoxy) is 2. The molecule has 0 bridgehead atoms. The number of benzene rings is 2. The minimum absolute atomic E-state index is 0.0509. The molecule has 0 atom stereocenters. The Hall–Kier alpha value is -3.02. The Kier molecular flexibility index (Phi) is 4.76. The zero-order valence-electron chi connectivity index (χ0n) is 11.1. The van der Waals surface area contributed by atoms with Crippen LogP contribution in [0.5, 0.6) is 17.2 Å². The Bertz CT molecular complexity index is 697. The molecule has 5 nitrogen and oxygen atoms in total. The van der Waals surface area contributed by atoms with E-state index in [0.717, 1.165) is 0 Å². The van der Waals surface area contributed by atoms with Crippen LogP contribution in [-0.2, 0) is 0 Å². The van der Waals surface area contributed by atoms with Gasteiger partial charge in [0.15, 0.2) is 0 Å². The number of nitriles is 2. The van der Waals surface area contributed by atoms with Crippen molar-refractivity contribution in [3.8, 4) is 29.4 Å². The van der Waals surface area contributed by atoms with Crippen LogP contribution in [0.2, 0.25) is 0 Å². The Morgan fingerprint density at radius 3 is 2.29 bits per heavy atom. The molecule has 5 heteroatoms. The quantitative estimate of drug-likeness (QED) is 0.909. The molecule has 104 valence electrons. The lowest BCUT2D eigenvalue weighted by Crippen LogP contribution is -2.01. The topological polar surface area (TPSA) is 86.3 Å². The van der Waals surface area contributed by atoms with E-state index in [1.54, 1.807) is 42.5 Å². The molecule has 0 spiro atoms. The van der Waals surface area contributed by atoms with Gasteiger partial charge in [-0.3, -0.25) is 0 Å². The number of hydrogen-bond acceptors (Lipinski definition) is 5. The molecular weight excluding hydrogens is 268 g/mol. The van der Waals surface area contributed by atoms with Gasteiger partial charge in [0, 0.05) is 0 Å². The van der Waals surface area contributed by atoms with Gasteiger partial charge >= 0.3 is 0 Å². The molecule has 2 aromatic rings. The van der Waals surface area contributed by atoms with E-state index in [2.05, 4.69) is 0 Å². The van der Waals surface area contributed by atoms with E-state index in [0.29, 0.717) is 17.2 Å². The van der Waals surface area contributed by atoms with Crippen molar-refractivity contribution >= 4 is 0 Å². The number of aliphatic hydroxyl groups is 1. The first-order valence-corrected chi connectivity index (χ1v) is 6.23. The van der Waals surface area contributed by atoms with Gasteiger partial charge in [0.1, 0.15) is 41.6 Å². The Morgan fingerprint density at radius 1 is 0.952 bits per heavy atom. The van der Waals surface area contributed by atoms with Gasteiger partial charge in [0.2, 0.25) is 0 Å². The maximum atomic E-state index is 9.12. The molecule has 0 aromatic heterocycles. The van der Waals surface area contributed by atoms with E-state index in [1.165, 1.54) is 0 Å². The molecule has 21 heavy (non-hydrogen) atoms. The second-order valence-corrected chi connectivity index (χ2v) is 4.05. The maximum absolute atomic E-state index is 9.12. The Balaban J connectivity index is 2.19. The second-order valence-electron chi connectivity index (χ2n) is 4.05. The molecular formula is C16H12N2O3. The highest BCUT2D eigenvalue weighted by molar-refractivity contribution is 5.55. The standard InChI is InChI=1S/C16H12N2O3/c17-10-12-2-1-3-16(15(12)11-18)21-14-6-4-13(5-7-14)20-9-8-19/h1-7,19H,8-9H2. The van der Waals surface area contributed by atoms with Crippen molar-refractivity contribution in [1.82, 2.24) is 0 Å². The van der Waals surface area contributed by atoms with Gasteiger partial charge in [-0.1, -0.05) is 6.07 Å². The van der Waals surface area contributed by atoms with Gasteiger partial charge in [-0.05, 0) is 36.4 Å². The molecule has 2 rings (SSSR count). The third-order valence-electron chi connectivity index (χ3n) is 2.67. The van der Waals surface area contributed by atoms with Crippen molar-refractivity contribution in [2.45, 2.75) is 0 Å². The van der Waals surface area contributed by atoms with Crippen molar-refractivity contribution in [3.63, 3.8) is 0 Å². The molecule has 0 saturated heterocycles. The first-order chi connectivity index (χ1) is 10.3. The fraction of sp³-hybridized carbons (Fsp3) is 0.125. The molecule has 0 fully saturated rings. The lowest BCUT2D eigenvalue weighted by molar-refractivity contribution is 0.201. The lowest BCUT2D eigenvalue weighted by Gasteiger charge is -2.09. The van der Waals surface area contributed by atoms with E-state index in [9.17, 15) is 0 Å². The average molecular weight is 280 g/mol. The maximum Gasteiger partial charge on any atom is 0.146 e. The second kappa shape index (κ2) is 6.95. The predicted molar refractivity (Wildman–Crippen MR) is 75.0 cm³/mol. The Morgan fingerprint density at radius 2 is 1.67 bits per heavy atom. The normalized spacial score (nSPS) is 9.48. The summed E-state index contributed by atoms with van der Waals surface area (Å²) in [5.74, 6) is 1.47. The van der Waals surface area contributed by atoms with Crippen LogP contribution in [-0.4, -0.2) is 18.3 Å². The highest BCUT2D eigenvalue weighted by Crippen LogP contribution is 2.28. The molecule has 0 aliphatic heterocycles. The molecule has 1 N–H and O–H groups in total. The van der Waals surface area contributed by atoms with Gasteiger partial charge in [-0.15, -0.1) is 0 Å². The zero-order valence-corrected chi connectivity index (χ0v) is 11.1. The fourth-order valence-corrected chi connectivity index (χ4v) is 1.72. The van der Waals surface area contributed by atoms with Crippen molar-refractivity contribution < 1.29 is 14.6 Å². The largest absolute Gasteiger partial charge is 0.491 e. The van der Waals surface area contributed by atoms with E-state index < -0.39 is 0 Å². The van der Waals surface area contributed by atoms with E-state index in [1.807, 2.05) is 12.1 Å². The summed E-state index contributed by atoms with van der Waals surface area (Å²) in [6, 6.07) is 15.6. The highest BCUT2D eigenvalue weighted by Gasteiger charge is 2.09. The summed E-state index contributed by atoms with van der Waals surface area (Å²) in [5, 5.41) is 26.8. The SMILES string of the molecule is N#Cc1cccc(Oc2ccc(OCCO)cc2)c1C#N. The Labute approximate surface area is 122 Å². The van der Waals surface area contributed by atoms with Gasteiger partial charge in [0.25, 0.3) is 0 Å². The van der Waals surface area contributed by atoms with Crippen molar-refractivity contribution in [2.24, 2.45) is 0 Å². The minimum atomic E-state index is -0.0509. The van der Waals surface area contributed by atoms with Gasteiger partial charge in [0.05, 0.1) is 12.2 Å². The van der Waals surface area contributed by atoms with E-state index in [4.69, 9.17) is 25.1 Å².